The summed E-state index contributed by atoms with van der Waals surface area (Å²) in [4.78, 5) is 11.8. The summed E-state index contributed by atoms with van der Waals surface area (Å²) in [6.07, 6.45) is -4.06. The number of hydrogen-bond donors (Lipinski definition) is 1. The first kappa shape index (κ1) is 11.6. The van der Waals surface area contributed by atoms with Crippen LogP contribution in [0.2, 0.25) is 0 Å². The summed E-state index contributed by atoms with van der Waals surface area (Å²) in [5.41, 5.74) is 0. The van der Waals surface area contributed by atoms with Crippen LogP contribution >= 0.6 is 12.4 Å². The average Bonchev–Trinajstić information content (AvgIpc) is 2.60. The van der Waals surface area contributed by atoms with E-state index in [4.69, 9.17) is 0 Å². The predicted molar refractivity (Wildman–Crippen MR) is 45.2 cm³/mol. The van der Waals surface area contributed by atoms with Gasteiger partial charge in [0.2, 0.25) is 0 Å². The van der Waals surface area contributed by atoms with Gasteiger partial charge in [-0.05, 0) is 6.42 Å². The van der Waals surface area contributed by atoms with E-state index >= 15 is 0 Å². The molecule has 2 saturated heterocycles. The number of carbonyl (C=O) groups excluding carboxylic acids is 1. The second-order valence-corrected chi connectivity index (χ2v) is 3.45. The SMILES string of the molecule is Cl.O=C(N1C[C@@H]2C[C@H]1CN2)C(F)(F)F. The van der Waals surface area contributed by atoms with Crippen molar-refractivity contribution in [3.8, 4) is 0 Å². The summed E-state index contributed by atoms with van der Waals surface area (Å²) in [6.45, 7) is 0.690. The Balaban J connectivity index is 0.000000980. The first-order valence-corrected chi connectivity index (χ1v) is 4.09. The second kappa shape index (κ2) is 3.58. The highest BCUT2D eigenvalue weighted by Gasteiger charge is 2.49. The number of halogens is 4. The van der Waals surface area contributed by atoms with Gasteiger partial charge in [0.1, 0.15) is 0 Å². The van der Waals surface area contributed by atoms with Crippen LogP contribution in [0.15, 0.2) is 0 Å². The van der Waals surface area contributed by atoms with Gasteiger partial charge in [-0.2, -0.15) is 13.2 Å². The van der Waals surface area contributed by atoms with Crippen molar-refractivity contribution in [2.75, 3.05) is 13.1 Å². The lowest BCUT2D eigenvalue weighted by atomic mass is 10.2. The van der Waals surface area contributed by atoms with Crippen molar-refractivity contribution in [2.24, 2.45) is 0 Å². The zero-order valence-corrected chi connectivity index (χ0v) is 7.99. The summed E-state index contributed by atoms with van der Waals surface area (Å²) in [5.74, 6) is -1.69. The molecule has 2 atom stereocenters. The van der Waals surface area contributed by atoms with E-state index in [0.29, 0.717) is 13.0 Å². The molecule has 0 unspecified atom stereocenters. The van der Waals surface area contributed by atoms with Gasteiger partial charge in [0, 0.05) is 25.2 Å². The lowest BCUT2D eigenvalue weighted by Crippen LogP contribution is -2.51. The molecular formula is C7H10ClF3N2O. The number of likely N-dealkylation sites (tertiary alicyclic amines) is 1. The fraction of sp³-hybridized carbons (Fsp3) is 0.857. The molecule has 82 valence electrons. The maximum Gasteiger partial charge on any atom is 0.471 e. The van der Waals surface area contributed by atoms with Gasteiger partial charge in [-0.3, -0.25) is 4.79 Å². The fourth-order valence-electron chi connectivity index (χ4n) is 1.97. The van der Waals surface area contributed by atoms with Crippen LogP contribution in [0.25, 0.3) is 0 Å². The van der Waals surface area contributed by atoms with E-state index in [2.05, 4.69) is 5.32 Å². The first-order valence-electron chi connectivity index (χ1n) is 4.09. The normalized spacial score (nSPS) is 30.4. The molecule has 0 spiro atoms. The van der Waals surface area contributed by atoms with Crippen molar-refractivity contribution < 1.29 is 18.0 Å². The molecule has 0 aliphatic carbocycles. The van der Waals surface area contributed by atoms with E-state index in [9.17, 15) is 18.0 Å². The zero-order valence-electron chi connectivity index (χ0n) is 7.17. The molecule has 2 bridgehead atoms. The van der Waals surface area contributed by atoms with Crippen molar-refractivity contribution in [2.45, 2.75) is 24.7 Å². The minimum atomic E-state index is -4.72. The standard InChI is InChI=1S/C7H9F3N2O.ClH/c8-7(9,10)6(13)12-3-4-1-5(12)2-11-4;/h4-5,11H,1-3H2;1H/t4-,5-;/m0./s1. The monoisotopic (exact) mass is 230 g/mol. The number of nitrogens with zero attached hydrogens (tertiary/aromatic N) is 1. The highest BCUT2D eigenvalue weighted by Crippen LogP contribution is 2.28. The highest BCUT2D eigenvalue weighted by atomic mass is 35.5. The van der Waals surface area contributed by atoms with Gasteiger partial charge in [-0.25, -0.2) is 0 Å². The van der Waals surface area contributed by atoms with E-state index in [0.717, 1.165) is 4.90 Å². The van der Waals surface area contributed by atoms with Crippen LogP contribution in [0.1, 0.15) is 6.42 Å². The summed E-state index contributed by atoms with van der Waals surface area (Å²) in [5, 5.41) is 3.03. The van der Waals surface area contributed by atoms with Crippen LogP contribution < -0.4 is 5.32 Å². The van der Waals surface area contributed by atoms with Gasteiger partial charge >= 0.3 is 12.1 Å². The van der Waals surface area contributed by atoms with E-state index in [1.165, 1.54) is 0 Å². The molecule has 2 heterocycles. The number of carbonyl (C=O) groups is 1. The number of fused-ring (bicyclic) bond motifs is 2. The largest absolute Gasteiger partial charge is 0.471 e. The Morgan fingerprint density at radius 2 is 2.07 bits per heavy atom. The summed E-state index contributed by atoms with van der Waals surface area (Å²) < 4.78 is 36.0. The molecule has 0 aromatic carbocycles. The number of amides is 1. The van der Waals surface area contributed by atoms with Gasteiger partial charge in [-0.15, -0.1) is 12.4 Å². The van der Waals surface area contributed by atoms with Crippen LogP contribution in [-0.4, -0.2) is 42.2 Å². The molecule has 7 heteroatoms. The summed E-state index contributed by atoms with van der Waals surface area (Å²) in [7, 11) is 0. The van der Waals surface area contributed by atoms with Crippen molar-refractivity contribution in [3.63, 3.8) is 0 Å². The molecule has 0 saturated carbocycles. The van der Waals surface area contributed by atoms with E-state index in [-0.39, 0.29) is 31.0 Å². The second-order valence-electron chi connectivity index (χ2n) is 3.45. The topological polar surface area (TPSA) is 32.3 Å². The lowest BCUT2D eigenvalue weighted by molar-refractivity contribution is -0.186. The van der Waals surface area contributed by atoms with Crippen LogP contribution in [0.5, 0.6) is 0 Å². The van der Waals surface area contributed by atoms with Gasteiger partial charge in [-0.1, -0.05) is 0 Å². The number of rotatable bonds is 0. The molecule has 2 rings (SSSR count). The molecule has 3 nitrogen and oxygen atoms in total. The lowest BCUT2D eigenvalue weighted by Gasteiger charge is -2.27. The molecular weight excluding hydrogens is 221 g/mol. The Morgan fingerprint density at radius 3 is 2.43 bits per heavy atom. The number of nitrogens with one attached hydrogen (secondary N) is 1. The van der Waals surface area contributed by atoms with E-state index < -0.39 is 12.1 Å². The van der Waals surface area contributed by atoms with Crippen LogP contribution in [0.3, 0.4) is 0 Å². The molecule has 2 aliphatic rings. The predicted octanol–water partition coefficient (Wildman–Crippen LogP) is 0.543. The molecule has 14 heavy (non-hydrogen) atoms. The van der Waals surface area contributed by atoms with Crippen molar-refractivity contribution >= 4 is 18.3 Å². The van der Waals surface area contributed by atoms with Crippen molar-refractivity contribution in [3.05, 3.63) is 0 Å². The van der Waals surface area contributed by atoms with Gasteiger partial charge < -0.3 is 10.2 Å². The molecule has 0 aromatic rings. The molecule has 0 radical (unpaired) electrons. The molecule has 1 N–H and O–H groups in total. The van der Waals surface area contributed by atoms with Crippen LogP contribution in [0, 0.1) is 0 Å². The quantitative estimate of drug-likeness (QED) is 0.659. The number of piperazine rings is 1. The Hall–Kier alpha value is -0.490. The Morgan fingerprint density at radius 1 is 1.43 bits per heavy atom. The molecule has 2 aliphatic heterocycles. The molecule has 0 aromatic heterocycles. The van der Waals surface area contributed by atoms with Gasteiger partial charge in [0.15, 0.2) is 0 Å². The van der Waals surface area contributed by atoms with Crippen LogP contribution in [-0.2, 0) is 4.79 Å². The minimum Gasteiger partial charge on any atom is -0.329 e. The van der Waals surface area contributed by atoms with Gasteiger partial charge in [0.25, 0.3) is 0 Å². The smallest absolute Gasteiger partial charge is 0.329 e. The maximum atomic E-state index is 12.0. The highest BCUT2D eigenvalue weighted by molar-refractivity contribution is 5.85. The van der Waals surface area contributed by atoms with Crippen LogP contribution in [0.4, 0.5) is 13.2 Å². The third kappa shape index (κ3) is 1.81. The minimum absolute atomic E-state index is 0. The number of hydrogen-bond acceptors (Lipinski definition) is 2. The number of alkyl halides is 3. The third-order valence-corrected chi connectivity index (χ3v) is 2.56. The third-order valence-electron chi connectivity index (χ3n) is 2.56. The molecule has 1 amide bonds. The van der Waals surface area contributed by atoms with Gasteiger partial charge in [0.05, 0.1) is 0 Å². The summed E-state index contributed by atoms with van der Waals surface area (Å²) >= 11 is 0. The van der Waals surface area contributed by atoms with Crippen molar-refractivity contribution in [1.82, 2.24) is 10.2 Å². The summed E-state index contributed by atoms with van der Waals surface area (Å²) in [6, 6.07) is -0.185. The Labute approximate surface area is 85.0 Å². The van der Waals surface area contributed by atoms with Crippen molar-refractivity contribution in [1.29, 1.82) is 0 Å². The maximum absolute atomic E-state index is 12.0. The first-order chi connectivity index (χ1) is 5.98. The van der Waals surface area contributed by atoms with E-state index in [1.54, 1.807) is 0 Å². The average molecular weight is 231 g/mol. The Kier molecular flexibility index (Phi) is 2.96. The Bertz CT molecular complexity index is 246. The fourth-order valence-corrected chi connectivity index (χ4v) is 1.97. The zero-order chi connectivity index (χ0) is 9.64. The molecule has 2 fully saturated rings. The van der Waals surface area contributed by atoms with E-state index in [1.807, 2.05) is 0 Å².